The lowest BCUT2D eigenvalue weighted by molar-refractivity contribution is -0.141. The van der Waals surface area contributed by atoms with Crippen molar-refractivity contribution >= 4 is 11.8 Å². The molecule has 5 nitrogen and oxygen atoms in total. The van der Waals surface area contributed by atoms with E-state index in [1.54, 1.807) is 0 Å². The van der Waals surface area contributed by atoms with Gasteiger partial charge < -0.3 is 15.3 Å². The van der Waals surface area contributed by atoms with Crippen molar-refractivity contribution in [2.75, 3.05) is 25.5 Å². The number of carboxylic acid groups (broad SMARTS) is 1. The molecule has 1 saturated heterocycles. The molecule has 0 amide bonds. The zero-order valence-electron chi connectivity index (χ0n) is 11.4. The van der Waals surface area contributed by atoms with Crippen LogP contribution in [0.15, 0.2) is 12.1 Å². The van der Waals surface area contributed by atoms with Crippen LogP contribution in [0.2, 0.25) is 0 Å². The largest absolute Gasteiger partial charge is 0.478 e. The number of carboxylic acids is 1. The van der Waals surface area contributed by atoms with Crippen LogP contribution in [0.5, 0.6) is 0 Å². The van der Waals surface area contributed by atoms with E-state index in [0.717, 1.165) is 32.0 Å². The summed E-state index contributed by atoms with van der Waals surface area (Å²) in [6.45, 7) is 1.61. The number of halogens is 3. The summed E-state index contributed by atoms with van der Waals surface area (Å²) in [5.41, 5.74) is -1.34. The van der Waals surface area contributed by atoms with Crippen molar-refractivity contribution in [3.05, 3.63) is 23.4 Å². The average molecular weight is 303 g/mol. The van der Waals surface area contributed by atoms with E-state index in [-0.39, 0.29) is 17.4 Å². The Morgan fingerprint density at radius 1 is 1.38 bits per heavy atom. The number of piperidine rings is 1. The van der Waals surface area contributed by atoms with Gasteiger partial charge in [0.1, 0.15) is 17.1 Å². The fourth-order valence-electron chi connectivity index (χ4n) is 2.25. The molecular formula is C13H16F3N3O2. The molecule has 2 N–H and O–H groups in total. The predicted molar refractivity (Wildman–Crippen MR) is 70.3 cm³/mol. The highest BCUT2D eigenvalue weighted by atomic mass is 19.4. The lowest BCUT2D eigenvalue weighted by Gasteiger charge is -2.30. The molecule has 0 saturated carbocycles. The summed E-state index contributed by atoms with van der Waals surface area (Å²) < 4.78 is 38.1. The highest BCUT2D eigenvalue weighted by Crippen LogP contribution is 2.30. The Kier molecular flexibility index (Phi) is 4.36. The van der Waals surface area contributed by atoms with E-state index in [1.807, 2.05) is 7.05 Å². The quantitative estimate of drug-likeness (QED) is 0.897. The van der Waals surface area contributed by atoms with Crippen molar-refractivity contribution in [3.63, 3.8) is 0 Å². The van der Waals surface area contributed by atoms with Gasteiger partial charge in [0.05, 0.1) is 0 Å². The smallest absolute Gasteiger partial charge is 0.433 e. The van der Waals surface area contributed by atoms with Gasteiger partial charge in [0, 0.05) is 6.04 Å². The molecule has 1 aliphatic rings. The van der Waals surface area contributed by atoms with Crippen LogP contribution >= 0.6 is 0 Å². The maximum Gasteiger partial charge on any atom is 0.433 e. The van der Waals surface area contributed by atoms with Gasteiger partial charge in [-0.3, -0.25) is 0 Å². The highest BCUT2D eigenvalue weighted by molar-refractivity contribution is 5.93. The van der Waals surface area contributed by atoms with Crippen molar-refractivity contribution in [1.29, 1.82) is 0 Å². The van der Waals surface area contributed by atoms with Crippen LogP contribution in [-0.2, 0) is 6.18 Å². The van der Waals surface area contributed by atoms with Crippen molar-refractivity contribution in [2.24, 2.45) is 0 Å². The number of nitrogens with one attached hydrogen (secondary N) is 1. The van der Waals surface area contributed by atoms with Crippen LogP contribution in [0, 0.1) is 0 Å². The van der Waals surface area contributed by atoms with Crippen LogP contribution in [0.1, 0.15) is 28.9 Å². The predicted octanol–water partition coefficient (Wildman–Crippen LogP) is 2.30. The van der Waals surface area contributed by atoms with E-state index in [9.17, 15) is 18.0 Å². The van der Waals surface area contributed by atoms with E-state index in [4.69, 9.17) is 5.11 Å². The minimum absolute atomic E-state index is 0.0738. The van der Waals surface area contributed by atoms with Gasteiger partial charge in [-0.15, -0.1) is 0 Å². The zero-order valence-corrected chi connectivity index (χ0v) is 11.4. The molecule has 21 heavy (non-hydrogen) atoms. The first-order chi connectivity index (χ1) is 9.77. The molecule has 2 rings (SSSR count). The van der Waals surface area contributed by atoms with E-state index in [1.165, 1.54) is 0 Å². The van der Waals surface area contributed by atoms with Crippen LogP contribution in [0.25, 0.3) is 0 Å². The van der Waals surface area contributed by atoms with Gasteiger partial charge in [0.25, 0.3) is 0 Å². The zero-order chi connectivity index (χ0) is 15.6. The number of aromatic nitrogens is 1. The number of hydrogen-bond donors (Lipinski definition) is 2. The Hall–Kier alpha value is -1.83. The van der Waals surface area contributed by atoms with E-state index < -0.39 is 17.8 Å². The SMILES string of the molecule is CN1CCC(Nc2nc(C(F)(F)F)ccc2C(=O)O)CC1. The third-order valence-corrected chi connectivity index (χ3v) is 3.48. The third-order valence-electron chi connectivity index (χ3n) is 3.48. The molecule has 1 fully saturated rings. The molecule has 2 heterocycles. The Bertz CT molecular complexity index is 526. The molecule has 1 aromatic rings. The molecule has 1 aromatic heterocycles. The first kappa shape index (κ1) is 15.6. The lowest BCUT2D eigenvalue weighted by Crippen LogP contribution is -2.37. The summed E-state index contributed by atoms with van der Waals surface area (Å²) in [7, 11) is 1.96. The molecular weight excluding hydrogens is 287 g/mol. The van der Waals surface area contributed by atoms with E-state index in [0.29, 0.717) is 6.07 Å². The maximum atomic E-state index is 12.7. The van der Waals surface area contributed by atoms with Gasteiger partial charge >= 0.3 is 12.1 Å². The summed E-state index contributed by atoms with van der Waals surface area (Å²) in [5, 5.41) is 11.9. The number of aromatic carboxylic acids is 1. The Balaban J connectivity index is 2.24. The average Bonchev–Trinajstić information content (AvgIpc) is 2.40. The molecule has 0 aromatic carbocycles. The molecule has 0 bridgehead atoms. The highest BCUT2D eigenvalue weighted by Gasteiger charge is 2.34. The first-order valence-corrected chi connectivity index (χ1v) is 6.54. The molecule has 0 atom stereocenters. The van der Waals surface area contributed by atoms with Crippen molar-refractivity contribution in [1.82, 2.24) is 9.88 Å². The summed E-state index contributed by atoms with van der Waals surface area (Å²) in [5.74, 6) is -1.52. The second-order valence-electron chi connectivity index (χ2n) is 5.12. The van der Waals surface area contributed by atoms with Crippen molar-refractivity contribution in [2.45, 2.75) is 25.1 Å². The van der Waals surface area contributed by atoms with Crippen LogP contribution in [0.3, 0.4) is 0 Å². The lowest BCUT2D eigenvalue weighted by atomic mass is 10.1. The molecule has 0 radical (unpaired) electrons. The second kappa shape index (κ2) is 5.88. The molecule has 0 spiro atoms. The second-order valence-corrected chi connectivity index (χ2v) is 5.12. The number of hydrogen-bond acceptors (Lipinski definition) is 4. The van der Waals surface area contributed by atoms with Gasteiger partial charge in [-0.1, -0.05) is 0 Å². The molecule has 0 unspecified atom stereocenters. The van der Waals surface area contributed by atoms with Gasteiger partial charge in [0.15, 0.2) is 0 Å². The maximum absolute atomic E-state index is 12.7. The Morgan fingerprint density at radius 2 is 2.00 bits per heavy atom. The fraction of sp³-hybridized carbons (Fsp3) is 0.538. The minimum Gasteiger partial charge on any atom is -0.478 e. The number of pyridine rings is 1. The summed E-state index contributed by atoms with van der Waals surface area (Å²) in [4.78, 5) is 16.7. The minimum atomic E-state index is -4.60. The normalized spacial score (nSPS) is 17.7. The number of alkyl halides is 3. The molecule has 116 valence electrons. The number of anilines is 1. The Morgan fingerprint density at radius 3 is 2.52 bits per heavy atom. The number of carbonyl (C=O) groups is 1. The fourth-order valence-corrected chi connectivity index (χ4v) is 2.25. The van der Waals surface area contributed by atoms with Gasteiger partial charge in [-0.05, 0) is 45.1 Å². The molecule has 0 aliphatic carbocycles. The number of likely N-dealkylation sites (tertiary alicyclic amines) is 1. The Labute approximate surface area is 119 Å². The van der Waals surface area contributed by atoms with Crippen LogP contribution in [0.4, 0.5) is 19.0 Å². The summed E-state index contributed by atoms with van der Waals surface area (Å²) in [6, 6.07) is 1.55. The summed E-state index contributed by atoms with van der Waals surface area (Å²) in [6.07, 6.45) is -3.14. The standard InChI is InChI=1S/C13H16F3N3O2/c1-19-6-4-8(5-7-19)17-11-9(12(20)21)2-3-10(18-11)13(14,15)16/h2-3,8H,4-7H2,1H3,(H,17,18)(H,20,21). The van der Waals surface area contributed by atoms with Crippen LogP contribution < -0.4 is 5.32 Å². The van der Waals surface area contributed by atoms with E-state index in [2.05, 4.69) is 15.2 Å². The van der Waals surface area contributed by atoms with Gasteiger partial charge in [-0.25, -0.2) is 9.78 Å². The number of nitrogens with zero attached hydrogens (tertiary/aromatic N) is 2. The van der Waals surface area contributed by atoms with Crippen molar-refractivity contribution < 1.29 is 23.1 Å². The first-order valence-electron chi connectivity index (χ1n) is 6.54. The monoisotopic (exact) mass is 303 g/mol. The van der Waals surface area contributed by atoms with Gasteiger partial charge in [0.2, 0.25) is 0 Å². The van der Waals surface area contributed by atoms with Gasteiger partial charge in [-0.2, -0.15) is 13.2 Å². The topological polar surface area (TPSA) is 65.5 Å². The van der Waals surface area contributed by atoms with Crippen LogP contribution in [-0.4, -0.2) is 47.1 Å². The number of rotatable bonds is 3. The van der Waals surface area contributed by atoms with Crippen molar-refractivity contribution in [3.8, 4) is 0 Å². The van der Waals surface area contributed by atoms with E-state index >= 15 is 0 Å². The molecule has 8 heteroatoms. The third kappa shape index (κ3) is 3.84. The molecule has 1 aliphatic heterocycles. The summed E-state index contributed by atoms with van der Waals surface area (Å²) >= 11 is 0.